The van der Waals surface area contributed by atoms with Crippen molar-refractivity contribution in [3.63, 3.8) is 0 Å². The van der Waals surface area contributed by atoms with Gasteiger partial charge in [-0.15, -0.1) is 11.3 Å². The van der Waals surface area contributed by atoms with Crippen molar-refractivity contribution in [2.75, 3.05) is 0 Å². The van der Waals surface area contributed by atoms with E-state index in [4.69, 9.17) is 11.6 Å². The van der Waals surface area contributed by atoms with Crippen LogP contribution in [0.2, 0.25) is 5.02 Å². The van der Waals surface area contributed by atoms with Crippen molar-refractivity contribution in [1.29, 1.82) is 0 Å². The standard InChI is InChI=1S/C19H14ClF3N2OS/c1-11-6-13(8-14(7-11)19(21,22)23)17(26)24-9-16-10-27-18(25-16)12-2-4-15(20)5-3-12/h2-8,10H,9H2,1H3,(H,24,26). The minimum atomic E-state index is -4.50. The number of carbonyl (C=O) groups excluding carboxylic acids is 1. The van der Waals surface area contributed by atoms with Gasteiger partial charge in [-0.05, 0) is 42.8 Å². The highest BCUT2D eigenvalue weighted by atomic mass is 35.5. The number of hydrogen-bond donors (Lipinski definition) is 1. The van der Waals surface area contributed by atoms with Crippen molar-refractivity contribution in [2.45, 2.75) is 19.6 Å². The number of nitrogens with zero attached hydrogens (tertiary/aromatic N) is 1. The quantitative estimate of drug-likeness (QED) is 0.597. The van der Waals surface area contributed by atoms with Gasteiger partial charge in [-0.1, -0.05) is 23.7 Å². The highest BCUT2D eigenvalue weighted by molar-refractivity contribution is 7.13. The first-order valence-electron chi connectivity index (χ1n) is 7.90. The molecule has 0 aliphatic heterocycles. The van der Waals surface area contributed by atoms with Crippen LogP contribution in [0.15, 0.2) is 47.8 Å². The number of alkyl halides is 3. The minimum absolute atomic E-state index is 0.0320. The van der Waals surface area contributed by atoms with Crippen LogP contribution in [0, 0.1) is 6.92 Å². The monoisotopic (exact) mass is 410 g/mol. The van der Waals surface area contributed by atoms with E-state index >= 15 is 0 Å². The third kappa shape index (κ3) is 4.87. The zero-order valence-corrected chi connectivity index (χ0v) is 15.7. The van der Waals surface area contributed by atoms with Crippen molar-refractivity contribution in [1.82, 2.24) is 10.3 Å². The molecule has 140 valence electrons. The summed E-state index contributed by atoms with van der Waals surface area (Å²) in [7, 11) is 0. The predicted octanol–water partition coefficient (Wildman–Crippen LogP) is 5.72. The van der Waals surface area contributed by atoms with Gasteiger partial charge in [-0.3, -0.25) is 4.79 Å². The lowest BCUT2D eigenvalue weighted by molar-refractivity contribution is -0.137. The molecule has 0 radical (unpaired) electrons. The second-order valence-corrected chi connectivity index (χ2v) is 7.21. The average molecular weight is 411 g/mol. The summed E-state index contributed by atoms with van der Waals surface area (Å²) in [6.07, 6.45) is -4.50. The third-order valence-electron chi connectivity index (χ3n) is 3.74. The summed E-state index contributed by atoms with van der Waals surface area (Å²) in [6.45, 7) is 1.64. The van der Waals surface area contributed by atoms with E-state index in [1.54, 1.807) is 17.5 Å². The fourth-order valence-corrected chi connectivity index (χ4v) is 3.42. The smallest absolute Gasteiger partial charge is 0.346 e. The molecule has 0 saturated heterocycles. The summed E-state index contributed by atoms with van der Waals surface area (Å²) in [5.41, 5.74) is 1.02. The fraction of sp³-hybridized carbons (Fsp3) is 0.158. The number of halogens is 4. The number of hydrogen-bond acceptors (Lipinski definition) is 3. The van der Waals surface area contributed by atoms with Gasteiger partial charge in [-0.2, -0.15) is 13.2 Å². The van der Waals surface area contributed by atoms with E-state index < -0.39 is 17.6 Å². The molecule has 8 heteroatoms. The molecular formula is C19H14ClF3N2OS. The topological polar surface area (TPSA) is 42.0 Å². The number of thiazole rings is 1. The molecule has 0 unspecified atom stereocenters. The Morgan fingerprint density at radius 1 is 1.19 bits per heavy atom. The minimum Gasteiger partial charge on any atom is -0.346 e. The van der Waals surface area contributed by atoms with Gasteiger partial charge < -0.3 is 5.32 Å². The maximum absolute atomic E-state index is 12.9. The van der Waals surface area contributed by atoms with E-state index in [0.717, 1.165) is 22.7 Å². The Kier molecular flexibility index (Phi) is 5.53. The Balaban J connectivity index is 1.70. The second kappa shape index (κ2) is 7.70. The molecule has 0 bridgehead atoms. The highest BCUT2D eigenvalue weighted by Gasteiger charge is 2.31. The lowest BCUT2D eigenvalue weighted by Crippen LogP contribution is -2.23. The molecule has 1 N–H and O–H groups in total. The lowest BCUT2D eigenvalue weighted by atomic mass is 10.1. The zero-order chi connectivity index (χ0) is 19.6. The molecule has 3 rings (SSSR count). The van der Waals surface area contributed by atoms with Crippen molar-refractivity contribution in [3.05, 3.63) is 75.3 Å². The predicted molar refractivity (Wildman–Crippen MR) is 99.9 cm³/mol. The first-order chi connectivity index (χ1) is 12.7. The Hall–Kier alpha value is -2.38. The Morgan fingerprint density at radius 2 is 1.89 bits per heavy atom. The van der Waals surface area contributed by atoms with Crippen LogP contribution in [-0.2, 0) is 12.7 Å². The maximum Gasteiger partial charge on any atom is 0.416 e. The summed E-state index contributed by atoms with van der Waals surface area (Å²) < 4.78 is 38.7. The average Bonchev–Trinajstić information content (AvgIpc) is 3.08. The Labute approximate surface area is 162 Å². The first kappa shape index (κ1) is 19.4. The van der Waals surface area contributed by atoms with Crippen LogP contribution in [0.25, 0.3) is 10.6 Å². The van der Waals surface area contributed by atoms with Crippen LogP contribution in [0.1, 0.15) is 27.2 Å². The fourth-order valence-electron chi connectivity index (χ4n) is 2.46. The highest BCUT2D eigenvalue weighted by Crippen LogP contribution is 2.30. The zero-order valence-electron chi connectivity index (χ0n) is 14.1. The van der Waals surface area contributed by atoms with E-state index in [1.165, 1.54) is 24.3 Å². The molecular weight excluding hydrogens is 397 g/mol. The van der Waals surface area contributed by atoms with Gasteiger partial charge in [0.2, 0.25) is 0 Å². The molecule has 27 heavy (non-hydrogen) atoms. The van der Waals surface area contributed by atoms with Crippen molar-refractivity contribution in [3.8, 4) is 10.6 Å². The molecule has 0 atom stereocenters. The molecule has 1 amide bonds. The number of aromatic nitrogens is 1. The van der Waals surface area contributed by atoms with Gasteiger partial charge >= 0.3 is 6.18 Å². The molecule has 0 aliphatic rings. The molecule has 0 saturated carbocycles. The van der Waals surface area contributed by atoms with Crippen LogP contribution in [0.4, 0.5) is 13.2 Å². The van der Waals surface area contributed by atoms with Crippen LogP contribution in [0.5, 0.6) is 0 Å². The van der Waals surface area contributed by atoms with Gasteiger partial charge in [0.15, 0.2) is 0 Å². The van der Waals surface area contributed by atoms with Crippen molar-refractivity contribution >= 4 is 28.8 Å². The molecule has 0 aliphatic carbocycles. The summed E-state index contributed by atoms with van der Waals surface area (Å²) >= 11 is 7.27. The molecule has 0 fully saturated rings. The Bertz CT molecular complexity index is 968. The van der Waals surface area contributed by atoms with Crippen molar-refractivity contribution in [2.24, 2.45) is 0 Å². The van der Waals surface area contributed by atoms with E-state index in [-0.39, 0.29) is 12.1 Å². The number of carbonyl (C=O) groups is 1. The van der Waals surface area contributed by atoms with Gasteiger partial charge in [-0.25, -0.2) is 4.98 Å². The van der Waals surface area contributed by atoms with Crippen LogP contribution < -0.4 is 5.32 Å². The second-order valence-electron chi connectivity index (χ2n) is 5.92. The molecule has 1 aromatic heterocycles. The van der Waals surface area contributed by atoms with Gasteiger partial charge in [0, 0.05) is 21.5 Å². The molecule has 2 aromatic carbocycles. The first-order valence-corrected chi connectivity index (χ1v) is 9.15. The lowest BCUT2D eigenvalue weighted by Gasteiger charge is -2.10. The van der Waals surface area contributed by atoms with Crippen LogP contribution in [-0.4, -0.2) is 10.9 Å². The summed E-state index contributed by atoms with van der Waals surface area (Å²) in [5, 5.41) is 5.80. The van der Waals surface area contributed by atoms with Crippen molar-refractivity contribution < 1.29 is 18.0 Å². The summed E-state index contributed by atoms with van der Waals surface area (Å²) in [4.78, 5) is 16.7. The number of benzene rings is 2. The SMILES string of the molecule is Cc1cc(C(=O)NCc2csc(-c3ccc(Cl)cc3)n2)cc(C(F)(F)F)c1. The number of amides is 1. The van der Waals surface area contributed by atoms with Gasteiger partial charge in [0.1, 0.15) is 5.01 Å². The van der Waals surface area contributed by atoms with Crippen LogP contribution in [0.3, 0.4) is 0 Å². The van der Waals surface area contributed by atoms with E-state index in [9.17, 15) is 18.0 Å². The molecule has 0 spiro atoms. The largest absolute Gasteiger partial charge is 0.416 e. The van der Waals surface area contributed by atoms with Crippen LogP contribution >= 0.6 is 22.9 Å². The number of rotatable bonds is 4. The molecule has 1 heterocycles. The number of aryl methyl sites for hydroxylation is 1. The molecule has 3 nitrogen and oxygen atoms in total. The van der Waals surface area contributed by atoms with E-state index in [0.29, 0.717) is 16.3 Å². The van der Waals surface area contributed by atoms with E-state index in [1.807, 2.05) is 12.1 Å². The third-order valence-corrected chi connectivity index (χ3v) is 4.93. The number of nitrogens with one attached hydrogen (secondary N) is 1. The molecule has 3 aromatic rings. The van der Waals surface area contributed by atoms with Gasteiger partial charge in [0.05, 0.1) is 17.8 Å². The normalized spacial score (nSPS) is 11.4. The van der Waals surface area contributed by atoms with Gasteiger partial charge in [0.25, 0.3) is 5.91 Å². The summed E-state index contributed by atoms with van der Waals surface area (Å²) in [6, 6.07) is 10.5. The van der Waals surface area contributed by atoms with E-state index in [2.05, 4.69) is 10.3 Å². The summed E-state index contributed by atoms with van der Waals surface area (Å²) in [5.74, 6) is -0.578. The maximum atomic E-state index is 12.9. The Morgan fingerprint density at radius 3 is 2.56 bits per heavy atom.